The lowest BCUT2D eigenvalue weighted by Gasteiger charge is -2.12. The highest BCUT2D eigenvalue weighted by atomic mass is 35.5. The van der Waals surface area contributed by atoms with Gasteiger partial charge in [0.25, 0.3) is 0 Å². The van der Waals surface area contributed by atoms with E-state index in [1.54, 1.807) is 12.3 Å². The van der Waals surface area contributed by atoms with Crippen LogP contribution >= 0.6 is 11.6 Å². The molecule has 3 aromatic rings. The van der Waals surface area contributed by atoms with E-state index >= 15 is 0 Å². The number of carbonyl (C=O) groups is 1. The fourth-order valence-corrected chi connectivity index (χ4v) is 2.84. The van der Waals surface area contributed by atoms with E-state index in [2.05, 4.69) is 15.3 Å². The van der Waals surface area contributed by atoms with Crippen LogP contribution in [-0.2, 0) is 17.9 Å². The number of rotatable bonds is 7. The molecule has 138 valence electrons. The summed E-state index contributed by atoms with van der Waals surface area (Å²) in [5, 5.41) is 3.28. The number of hydrogen-bond donors (Lipinski definition) is 1. The molecule has 2 aromatic heterocycles. The van der Waals surface area contributed by atoms with Gasteiger partial charge in [0.2, 0.25) is 0 Å². The van der Waals surface area contributed by atoms with Crippen LogP contribution in [0.1, 0.15) is 46.4 Å². The van der Waals surface area contributed by atoms with Crippen molar-refractivity contribution in [1.29, 1.82) is 0 Å². The first-order chi connectivity index (χ1) is 13.2. The number of aromatic nitrogens is 2. The molecule has 1 aliphatic carbocycles. The Morgan fingerprint density at radius 3 is 2.70 bits per heavy atom. The number of benzene rings is 1. The van der Waals surface area contributed by atoms with Crippen LogP contribution in [0.5, 0.6) is 0 Å². The number of nitrogens with zero attached hydrogens (tertiary/aromatic N) is 2. The maximum absolute atomic E-state index is 12.6. The van der Waals surface area contributed by atoms with E-state index in [1.165, 1.54) is 0 Å². The molecule has 0 amide bonds. The Balaban J connectivity index is 1.54. The number of halogens is 1. The summed E-state index contributed by atoms with van der Waals surface area (Å²) in [6, 6.07) is 13.1. The Morgan fingerprint density at radius 2 is 2.00 bits per heavy atom. The lowest BCUT2D eigenvalue weighted by Crippen LogP contribution is -2.13. The van der Waals surface area contributed by atoms with Crippen LogP contribution in [0, 0.1) is 0 Å². The first-order valence-corrected chi connectivity index (χ1v) is 9.13. The molecular weight excluding hydrogens is 366 g/mol. The number of furan rings is 1. The minimum absolute atomic E-state index is 0.0893. The third kappa shape index (κ3) is 4.28. The topological polar surface area (TPSA) is 77.2 Å². The highest BCUT2D eigenvalue weighted by molar-refractivity contribution is 6.35. The first kappa shape index (κ1) is 17.5. The van der Waals surface area contributed by atoms with Crippen molar-refractivity contribution in [3.8, 4) is 0 Å². The molecule has 27 heavy (non-hydrogen) atoms. The summed E-state index contributed by atoms with van der Waals surface area (Å²) < 4.78 is 10.7. The molecular formula is C20H18ClN3O3. The molecule has 0 aliphatic heterocycles. The van der Waals surface area contributed by atoms with Gasteiger partial charge < -0.3 is 14.5 Å². The van der Waals surface area contributed by atoms with Gasteiger partial charge in [-0.1, -0.05) is 41.9 Å². The maximum atomic E-state index is 12.6. The number of nitrogens with one attached hydrogen (secondary N) is 1. The number of carbonyl (C=O) groups excluding carboxylic acids is 1. The van der Waals surface area contributed by atoms with E-state index < -0.39 is 5.97 Å². The normalized spacial score (nSPS) is 13.4. The summed E-state index contributed by atoms with van der Waals surface area (Å²) in [5.41, 5.74) is 0.987. The highest BCUT2D eigenvalue weighted by Crippen LogP contribution is 2.39. The van der Waals surface area contributed by atoms with Gasteiger partial charge in [0, 0.05) is 5.92 Å². The van der Waals surface area contributed by atoms with Gasteiger partial charge >= 0.3 is 5.97 Å². The average molecular weight is 384 g/mol. The standard InChI is InChI=1S/C20H18ClN3O3/c21-16-17(20(25)27-12-13-5-2-1-3-6-13)23-18(14-8-9-14)24-19(16)22-11-15-7-4-10-26-15/h1-7,10,14H,8-9,11-12H2,(H,22,23,24). The zero-order valence-corrected chi connectivity index (χ0v) is 15.3. The molecule has 0 radical (unpaired) electrons. The molecule has 1 aromatic carbocycles. The molecule has 0 atom stereocenters. The van der Waals surface area contributed by atoms with Gasteiger partial charge in [0.15, 0.2) is 5.69 Å². The largest absolute Gasteiger partial charge is 0.467 e. The molecule has 1 N–H and O–H groups in total. The second-order valence-corrected chi connectivity index (χ2v) is 6.74. The molecule has 0 spiro atoms. The van der Waals surface area contributed by atoms with E-state index in [4.69, 9.17) is 20.8 Å². The zero-order valence-electron chi connectivity index (χ0n) is 14.5. The van der Waals surface area contributed by atoms with E-state index in [-0.39, 0.29) is 23.2 Å². The Kier molecular flexibility index (Phi) is 5.07. The minimum atomic E-state index is -0.561. The maximum Gasteiger partial charge on any atom is 0.359 e. The third-order valence-corrected chi connectivity index (χ3v) is 4.59. The lowest BCUT2D eigenvalue weighted by atomic mass is 10.2. The van der Waals surface area contributed by atoms with Crippen LogP contribution in [0.15, 0.2) is 53.1 Å². The zero-order chi connectivity index (χ0) is 18.6. The Labute approximate surface area is 161 Å². The number of esters is 1. The second-order valence-electron chi connectivity index (χ2n) is 6.36. The second kappa shape index (κ2) is 7.80. The third-order valence-electron chi connectivity index (χ3n) is 4.23. The predicted molar refractivity (Wildman–Crippen MR) is 101 cm³/mol. The molecule has 1 aliphatic rings. The van der Waals surface area contributed by atoms with Crippen LogP contribution in [0.3, 0.4) is 0 Å². The van der Waals surface area contributed by atoms with Crippen LogP contribution in [0.2, 0.25) is 5.02 Å². The molecule has 0 unspecified atom stereocenters. The van der Waals surface area contributed by atoms with Gasteiger partial charge in [0.05, 0.1) is 12.8 Å². The number of ether oxygens (including phenoxy) is 1. The first-order valence-electron chi connectivity index (χ1n) is 8.75. The summed E-state index contributed by atoms with van der Waals surface area (Å²) in [5.74, 6) is 1.48. The summed E-state index contributed by atoms with van der Waals surface area (Å²) in [7, 11) is 0. The van der Waals surface area contributed by atoms with Crippen molar-refractivity contribution in [2.45, 2.75) is 31.9 Å². The molecule has 0 bridgehead atoms. The smallest absolute Gasteiger partial charge is 0.359 e. The molecule has 0 saturated heterocycles. The number of anilines is 1. The Bertz CT molecular complexity index is 925. The minimum Gasteiger partial charge on any atom is -0.467 e. The fourth-order valence-electron chi connectivity index (χ4n) is 2.62. The molecule has 6 nitrogen and oxygen atoms in total. The van der Waals surface area contributed by atoms with Crippen molar-refractivity contribution < 1.29 is 13.9 Å². The SMILES string of the molecule is O=C(OCc1ccccc1)c1nc(C2CC2)nc(NCc2ccco2)c1Cl. The Hall–Kier alpha value is -2.86. The summed E-state index contributed by atoms with van der Waals surface area (Å²) in [6.07, 6.45) is 3.62. The molecule has 1 saturated carbocycles. The summed E-state index contributed by atoms with van der Waals surface area (Å²) in [6.45, 7) is 0.570. The van der Waals surface area contributed by atoms with Crippen molar-refractivity contribution in [3.63, 3.8) is 0 Å². The molecule has 7 heteroatoms. The van der Waals surface area contributed by atoms with Crippen LogP contribution in [0.25, 0.3) is 0 Å². The quantitative estimate of drug-likeness (QED) is 0.602. The van der Waals surface area contributed by atoms with Gasteiger partial charge in [-0.2, -0.15) is 0 Å². The van der Waals surface area contributed by atoms with Crippen LogP contribution in [-0.4, -0.2) is 15.9 Å². The predicted octanol–water partition coefficient (Wildman–Crippen LogP) is 4.57. The van der Waals surface area contributed by atoms with Gasteiger partial charge in [-0.15, -0.1) is 0 Å². The molecule has 1 fully saturated rings. The van der Waals surface area contributed by atoms with E-state index in [1.807, 2.05) is 36.4 Å². The summed E-state index contributed by atoms with van der Waals surface area (Å²) in [4.78, 5) is 21.4. The van der Waals surface area contributed by atoms with Crippen LogP contribution < -0.4 is 5.32 Å². The van der Waals surface area contributed by atoms with Gasteiger partial charge in [0.1, 0.15) is 29.0 Å². The van der Waals surface area contributed by atoms with Gasteiger partial charge in [-0.25, -0.2) is 14.8 Å². The average Bonchev–Trinajstić information content (AvgIpc) is 3.42. The van der Waals surface area contributed by atoms with Gasteiger partial charge in [-0.3, -0.25) is 0 Å². The van der Waals surface area contributed by atoms with Crippen molar-refractivity contribution in [3.05, 3.63) is 76.6 Å². The van der Waals surface area contributed by atoms with Crippen molar-refractivity contribution >= 4 is 23.4 Å². The fraction of sp³-hybridized carbons (Fsp3) is 0.250. The lowest BCUT2D eigenvalue weighted by molar-refractivity contribution is 0.0465. The van der Waals surface area contributed by atoms with Crippen molar-refractivity contribution in [2.24, 2.45) is 0 Å². The molecule has 4 rings (SSSR count). The highest BCUT2D eigenvalue weighted by Gasteiger charge is 2.30. The van der Waals surface area contributed by atoms with E-state index in [9.17, 15) is 4.79 Å². The monoisotopic (exact) mass is 383 g/mol. The summed E-state index contributed by atoms with van der Waals surface area (Å²) >= 11 is 6.40. The Morgan fingerprint density at radius 1 is 1.19 bits per heavy atom. The molecule has 2 heterocycles. The van der Waals surface area contributed by atoms with E-state index in [0.29, 0.717) is 18.2 Å². The van der Waals surface area contributed by atoms with Crippen LogP contribution in [0.4, 0.5) is 5.82 Å². The number of hydrogen-bond acceptors (Lipinski definition) is 6. The van der Waals surface area contributed by atoms with Crippen molar-refractivity contribution in [1.82, 2.24) is 9.97 Å². The van der Waals surface area contributed by atoms with Crippen molar-refractivity contribution in [2.75, 3.05) is 5.32 Å². The van der Waals surface area contributed by atoms with Gasteiger partial charge in [-0.05, 0) is 30.5 Å². The van der Waals surface area contributed by atoms with E-state index in [0.717, 1.165) is 24.2 Å².